The van der Waals surface area contributed by atoms with E-state index in [9.17, 15) is 0 Å². The van der Waals surface area contributed by atoms with E-state index in [0.29, 0.717) is 0 Å². The molecule has 0 unspecified atom stereocenters. The van der Waals surface area contributed by atoms with Crippen LogP contribution < -0.4 is 18.9 Å². The van der Waals surface area contributed by atoms with E-state index in [2.05, 4.69) is 0 Å². The van der Waals surface area contributed by atoms with E-state index >= 15 is 0 Å². The second-order valence-electron chi connectivity index (χ2n) is 0. The van der Waals surface area contributed by atoms with Gasteiger partial charge in [-0.3, -0.25) is 0 Å². The maximum atomic E-state index is 0. The smallest absolute Gasteiger partial charge is 1.00 e. The first kappa shape index (κ1) is 30.7. The first-order chi connectivity index (χ1) is 0. The van der Waals surface area contributed by atoms with Crippen molar-refractivity contribution in [3.8, 4) is 0 Å². The van der Waals surface area contributed by atoms with Gasteiger partial charge in [-0.25, -0.2) is 0 Å². The van der Waals surface area contributed by atoms with Crippen LogP contribution >= 0.6 is 0 Å². The van der Waals surface area contributed by atoms with E-state index < -0.39 is 0 Å². The van der Waals surface area contributed by atoms with Gasteiger partial charge in [-0.15, -0.1) is 0 Å². The van der Waals surface area contributed by atoms with Gasteiger partial charge in [0.25, 0.3) is 0 Å². The first-order valence-electron chi connectivity index (χ1n) is 0. The fourth-order valence-corrected chi connectivity index (χ4v) is 0. The molecule has 0 saturated heterocycles. The monoisotopic (exact) mass is 193 g/mol. The Kier molecular flexibility index (Phi) is 135. The molecule has 0 aliphatic heterocycles. The molecule has 0 saturated carbocycles. The van der Waals surface area contributed by atoms with Crippen molar-refractivity contribution in [2.45, 2.75) is 0 Å². The number of hydrogen-bond acceptors (Lipinski definition) is 0. The average Bonchev–Trinajstić information content (AvgIpc) is 0. The van der Waals surface area contributed by atoms with Crippen molar-refractivity contribution in [1.29, 1.82) is 0 Å². The van der Waals surface area contributed by atoms with Crippen molar-refractivity contribution in [1.82, 2.24) is 0 Å². The molecule has 0 aliphatic rings. The summed E-state index contributed by atoms with van der Waals surface area (Å²) in [7, 11) is 0. The maximum Gasteiger partial charge on any atom is 1.00 e. The Morgan fingerprint density at radius 3 is 1.25 bits per heavy atom. The summed E-state index contributed by atoms with van der Waals surface area (Å²) in [5.74, 6) is 0. The predicted octanol–water partition coefficient (Wildman–Crippen LogP) is -4.07. The van der Waals surface area contributed by atoms with Gasteiger partial charge in [-0.05, 0) is 0 Å². The van der Waals surface area contributed by atoms with Crippen LogP contribution in [0.1, 0.15) is 1.43 Å². The maximum absolute atomic E-state index is 0. The summed E-state index contributed by atoms with van der Waals surface area (Å²) >= 11 is 0. The molecule has 0 aromatic carbocycles. The summed E-state index contributed by atoms with van der Waals surface area (Å²) in [5.41, 5.74) is 0. The summed E-state index contributed by atoms with van der Waals surface area (Å²) in [5, 5.41) is 0. The fourth-order valence-electron chi connectivity index (χ4n) is 0. The molecular formula is H4AgAlLiTi. The molecule has 0 spiro atoms. The molecule has 0 nitrogen and oxygen atoms in total. The summed E-state index contributed by atoms with van der Waals surface area (Å²) in [6.45, 7) is 0. The average molecular weight is 194 g/mol. The summed E-state index contributed by atoms with van der Waals surface area (Å²) in [6, 6.07) is 0. The second kappa shape index (κ2) is 17.6. The number of rotatable bonds is 0. The van der Waals surface area contributed by atoms with Crippen LogP contribution in [0.4, 0.5) is 0 Å². The second-order valence-corrected chi connectivity index (χ2v) is 0. The van der Waals surface area contributed by atoms with E-state index in [0.717, 1.165) is 0 Å². The Hall–Kier alpha value is 2.58. The van der Waals surface area contributed by atoms with Gasteiger partial charge in [0.2, 0.25) is 0 Å². The molecule has 23 valence electrons. The quantitative estimate of drug-likeness (QED) is 0.344. The Bertz CT molecular complexity index is 11.6. The van der Waals surface area contributed by atoms with E-state index in [1.807, 2.05) is 0 Å². The minimum atomic E-state index is 0. The molecule has 0 amide bonds. The van der Waals surface area contributed by atoms with Gasteiger partial charge in [-0.2, -0.15) is 0 Å². The van der Waals surface area contributed by atoms with Crippen molar-refractivity contribution in [2.24, 2.45) is 0 Å². The van der Waals surface area contributed by atoms with E-state index in [1.54, 1.807) is 0 Å². The molecule has 0 atom stereocenters. The van der Waals surface area contributed by atoms with Gasteiger partial charge in [-0.1, -0.05) is 0 Å². The molecule has 0 fully saturated rings. The van der Waals surface area contributed by atoms with Gasteiger partial charge in [0.1, 0.15) is 0 Å². The predicted molar refractivity (Wildman–Crippen MR) is 11.1 cm³/mol. The molecule has 4 heavy (non-hydrogen) atoms. The SMILES string of the molecule is [Ag].[AlH3].[H-].[Li+].[Ti]. The van der Waals surface area contributed by atoms with Gasteiger partial charge in [0.15, 0.2) is 17.4 Å². The third kappa shape index (κ3) is 8.82. The molecule has 0 aromatic rings. The van der Waals surface area contributed by atoms with Crippen LogP contribution in [0.5, 0.6) is 0 Å². The zero-order valence-corrected chi connectivity index (χ0v) is 4.85. The van der Waals surface area contributed by atoms with Crippen molar-refractivity contribution >= 4 is 17.4 Å². The minimum Gasteiger partial charge on any atom is -1.00 e. The van der Waals surface area contributed by atoms with E-state index in [4.69, 9.17) is 0 Å². The Morgan fingerprint density at radius 1 is 1.25 bits per heavy atom. The molecule has 1 radical (unpaired) electrons. The molecule has 0 rings (SSSR count). The Morgan fingerprint density at radius 2 is 1.25 bits per heavy atom. The van der Waals surface area contributed by atoms with Crippen LogP contribution in [0.2, 0.25) is 0 Å². The fraction of sp³-hybridized carbons (Fsp3) is 0. The van der Waals surface area contributed by atoms with Crippen molar-refractivity contribution in [2.75, 3.05) is 0 Å². The molecule has 0 heterocycles. The topological polar surface area (TPSA) is 0 Å². The molecule has 0 aromatic heterocycles. The first-order valence-corrected chi connectivity index (χ1v) is 0. The van der Waals surface area contributed by atoms with Crippen molar-refractivity contribution in [3.05, 3.63) is 0 Å². The zero-order chi connectivity index (χ0) is 0. The van der Waals surface area contributed by atoms with Gasteiger partial charge in [0.05, 0.1) is 0 Å². The van der Waals surface area contributed by atoms with Crippen LogP contribution in [0.25, 0.3) is 0 Å². The van der Waals surface area contributed by atoms with Crippen LogP contribution in [0, 0.1) is 0 Å². The molecule has 0 N–H and O–H groups in total. The molecule has 4 heteroatoms. The van der Waals surface area contributed by atoms with Crippen molar-refractivity contribution in [3.63, 3.8) is 0 Å². The van der Waals surface area contributed by atoms with E-state index in [-0.39, 0.29) is 81.7 Å². The van der Waals surface area contributed by atoms with Crippen LogP contribution in [0.15, 0.2) is 0 Å². The van der Waals surface area contributed by atoms with Crippen LogP contribution in [-0.2, 0) is 44.1 Å². The summed E-state index contributed by atoms with van der Waals surface area (Å²) < 4.78 is 0. The van der Waals surface area contributed by atoms with E-state index in [1.165, 1.54) is 0 Å². The molecule has 0 bridgehead atoms. The third-order valence-electron chi connectivity index (χ3n) is 0. The number of hydrogen-bond donors (Lipinski definition) is 0. The normalized spacial score (nSPS) is 0. The molecular weight excluding hydrogens is 190 g/mol. The minimum absolute atomic E-state index is 0. The van der Waals surface area contributed by atoms with Gasteiger partial charge in [0, 0.05) is 44.1 Å². The standard InChI is InChI=1S/Ag.Al.Li.Ti.4H/q;;+1;;;;;-1. The Labute approximate surface area is 80.7 Å². The Balaban J connectivity index is 0. The van der Waals surface area contributed by atoms with Gasteiger partial charge < -0.3 is 1.43 Å². The summed E-state index contributed by atoms with van der Waals surface area (Å²) in [6.07, 6.45) is 0. The zero-order valence-electron chi connectivity index (χ0n) is 2.80. The van der Waals surface area contributed by atoms with Crippen LogP contribution in [-0.4, -0.2) is 17.4 Å². The third-order valence-corrected chi connectivity index (χ3v) is 0. The van der Waals surface area contributed by atoms with Gasteiger partial charge >= 0.3 is 18.9 Å². The summed E-state index contributed by atoms with van der Waals surface area (Å²) in [4.78, 5) is 0. The van der Waals surface area contributed by atoms with Crippen LogP contribution in [0.3, 0.4) is 0 Å². The molecule has 0 aliphatic carbocycles. The largest absolute Gasteiger partial charge is 1.00 e. The van der Waals surface area contributed by atoms with Crippen molar-refractivity contribution < 1.29 is 64.4 Å².